The van der Waals surface area contributed by atoms with E-state index in [1.165, 1.54) is 10.5 Å². The number of carbonyl (C=O) groups is 1. The fourth-order valence-corrected chi connectivity index (χ4v) is 4.27. The number of anilines is 1. The van der Waals surface area contributed by atoms with Crippen LogP contribution in [-0.2, 0) is 12.8 Å². The van der Waals surface area contributed by atoms with Gasteiger partial charge in [-0.25, -0.2) is 0 Å². The maximum Gasteiger partial charge on any atom is 0.276 e. The Balaban J connectivity index is 1.75. The average molecular weight is 349 g/mol. The maximum atomic E-state index is 12.8. The molecule has 0 unspecified atom stereocenters. The molecule has 2 aromatic carbocycles. The summed E-state index contributed by atoms with van der Waals surface area (Å²) in [6, 6.07) is 14.2. The Morgan fingerprint density at radius 2 is 2.00 bits per heavy atom. The maximum absolute atomic E-state index is 12.8. The molecular weight excluding hydrogens is 330 g/mol. The molecule has 2 heterocycles. The number of carbonyl (C=O) groups excluding carboxylic acids is 1. The lowest BCUT2D eigenvalue weighted by Gasteiger charge is -2.18. The van der Waals surface area contributed by atoms with E-state index in [0.29, 0.717) is 5.69 Å². The van der Waals surface area contributed by atoms with Gasteiger partial charge in [0.2, 0.25) is 0 Å². The van der Waals surface area contributed by atoms with E-state index in [9.17, 15) is 4.79 Å². The fraction of sp³-hybridized carbons (Fsp3) is 0.200. The molecule has 4 nitrogen and oxygen atoms in total. The number of benzene rings is 2. The monoisotopic (exact) mass is 349 g/mol. The van der Waals surface area contributed by atoms with E-state index in [1.54, 1.807) is 11.8 Å². The van der Waals surface area contributed by atoms with Gasteiger partial charge in [0.05, 0.1) is 5.69 Å². The van der Waals surface area contributed by atoms with Gasteiger partial charge in [-0.3, -0.25) is 9.48 Å². The number of fused-ring (bicyclic) bond motifs is 3. The molecule has 0 bridgehead atoms. The number of thioether (sulfide) groups is 1. The zero-order chi connectivity index (χ0) is 17.6. The summed E-state index contributed by atoms with van der Waals surface area (Å²) in [5, 5.41) is 7.54. The summed E-state index contributed by atoms with van der Waals surface area (Å²) in [7, 11) is 1.91. The third-order valence-corrected chi connectivity index (χ3v) is 5.62. The smallest absolute Gasteiger partial charge is 0.276 e. The number of hydrogen-bond acceptors (Lipinski definition) is 3. The van der Waals surface area contributed by atoms with Gasteiger partial charge in [-0.1, -0.05) is 29.8 Å². The molecule has 3 aromatic rings. The largest absolute Gasteiger partial charge is 0.320 e. The van der Waals surface area contributed by atoms with Crippen LogP contribution in [0.5, 0.6) is 0 Å². The van der Waals surface area contributed by atoms with Gasteiger partial charge in [0, 0.05) is 34.5 Å². The van der Waals surface area contributed by atoms with Crippen molar-refractivity contribution < 1.29 is 4.79 Å². The Bertz CT molecular complexity index is 991. The van der Waals surface area contributed by atoms with E-state index in [2.05, 4.69) is 35.5 Å². The molecule has 1 aliphatic heterocycles. The van der Waals surface area contributed by atoms with Crippen LogP contribution in [0.2, 0.25) is 0 Å². The van der Waals surface area contributed by atoms with Crippen molar-refractivity contribution in [1.29, 1.82) is 0 Å². The minimum absolute atomic E-state index is 0.150. The predicted octanol–water partition coefficient (Wildman–Crippen LogP) is 4.56. The van der Waals surface area contributed by atoms with Crippen molar-refractivity contribution in [3.8, 4) is 11.3 Å². The van der Waals surface area contributed by atoms with Crippen LogP contribution >= 0.6 is 11.8 Å². The number of rotatable bonds is 2. The van der Waals surface area contributed by atoms with E-state index < -0.39 is 0 Å². The van der Waals surface area contributed by atoms with Gasteiger partial charge < -0.3 is 5.32 Å². The van der Waals surface area contributed by atoms with Gasteiger partial charge in [-0.2, -0.15) is 5.10 Å². The van der Waals surface area contributed by atoms with Crippen LogP contribution in [0.1, 0.15) is 27.2 Å². The molecule has 1 aromatic heterocycles. The van der Waals surface area contributed by atoms with Crippen molar-refractivity contribution in [3.05, 3.63) is 64.8 Å². The first-order valence-electron chi connectivity index (χ1n) is 8.21. The second kappa shape index (κ2) is 6.08. The first-order valence-corrected chi connectivity index (χ1v) is 9.20. The van der Waals surface area contributed by atoms with Crippen molar-refractivity contribution in [3.63, 3.8) is 0 Å². The fourth-order valence-electron chi connectivity index (χ4n) is 3.22. The Morgan fingerprint density at radius 3 is 2.80 bits per heavy atom. The molecule has 4 rings (SSSR count). The van der Waals surface area contributed by atoms with Gasteiger partial charge >= 0.3 is 0 Å². The van der Waals surface area contributed by atoms with Crippen LogP contribution in [0, 0.1) is 13.8 Å². The van der Waals surface area contributed by atoms with E-state index in [4.69, 9.17) is 0 Å². The lowest BCUT2D eigenvalue weighted by molar-refractivity contribution is 0.102. The summed E-state index contributed by atoms with van der Waals surface area (Å²) >= 11 is 1.76. The Morgan fingerprint density at radius 1 is 1.20 bits per heavy atom. The SMILES string of the molecule is Cc1ccc2c(c1)-c1c(c(C(=O)Nc3ccccc3C)nn1C)CS2. The van der Waals surface area contributed by atoms with Crippen LogP contribution in [0.15, 0.2) is 47.4 Å². The lowest BCUT2D eigenvalue weighted by atomic mass is 10.0. The Labute approximate surface area is 151 Å². The molecule has 0 saturated heterocycles. The highest BCUT2D eigenvalue weighted by atomic mass is 32.2. The van der Waals surface area contributed by atoms with Gasteiger partial charge in [-0.05, 0) is 37.6 Å². The quantitative estimate of drug-likeness (QED) is 0.738. The van der Waals surface area contributed by atoms with Crippen molar-refractivity contribution in [2.45, 2.75) is 24.5 Å². The van der Waals surface area contributed by atoms with Crippen LogP contribution in [0.25, 0.3) is 11.3 Å². The molecular formula is C20H19N3OS. The van der Waals surface area contributed by atoms with Crippen molar-refractivity contribution in [2.75, 3.05) is 5.32 Å². The number of aryl methyl sites for hydroxylation is 3. The summed E-state index contributed by atoms with van der Waals surface area (Å²) in [6.45, 7) is 4.07. The molecule has 126 valence electrons. The Kier molecular flexibility index (Phi) is 3.88. The van der Waals surface area contributed by atoms with Crippen LogP contribution in [0.4, 0.5) is 5.69 Å². The first kappa shape index (κ1) is 16.0. The van der Waals surface area contributed by atoms with Gasteiger partial charge in [0.1, 0.15) is 0 Å². The summed E-state index contributed by atoms with van der Waals surface area (Å²) in [5.41, 5.74) is 6.81. The standard InChI is InChI=1S/C20H19N3OS/c1-12-8-9-17-14(10-12)19-15(11-25-17)18(22-23(19)3)20(24)21-16-7-5-4-6-13(16)2/h4-10H,11H2,1-3H3,(H,21,24). The number of para-hydroxylation sites is 1. The number of nitrogens with zero attached hydrogens (tertiary/aromatic N) is 2. The third kappa shape index (κ3) is 2.74. The van der Waals surface area contributed by atoms with Crippen LogP contribution < -0.4 is 5.32 Å². The number of aromatic nitrogens is 2. The highest BCUT2D eigenvalue weighted by Gasteiger charge is 2.27. The predicted molar refractivity (Wildman–Crippen MR) is 102 cm³/mol. The summed E-state index contributed by atoms with van der Waals surface area (Å²) in [5.74, 6) is 0.610. The van der Waals surface area contributed by atoms with Crippen molar-refractivity contribution in [1.82, 2.24) is 9.78 Å². The molecule has 5 heteroatoms. The van der Waals surface area contributed by atoms with E-state index in [0.717, 1.165) is 33.8 Å². The average Bonchev–Trinajstić information content (AvgIpc) is 2.94. The molecule has 0 radical (unpaired) electrons. The minimum Gasteiger partial charge on any atom is -0.320 e. The molecule has 25 heavy (non-hydrogen) atoms. The molecule has 1 amide bonds. The second-order valence-corrected chi connectivity index (χ2v) is 7.37. The molecule has 1 N–H and O–H groups in total. The van der Waals surface area contributed by atoms with E-state index >= 15 is 0 Å². The summed E-state index contributed by atoms with van der Waals surface area (Å²) in [4.78, 5) is 14.1. The topological polar surface area (TPSA) is 46.9 Å². The van der Waals surface area contributed by atoms with Crippen LogP contribution in [0.3, 0.4) is 0 Å². The molecule has 0 fully saturated rings. The first-order chi connectivity index (χ1) is 12.0. The molecule has 0 saturated carbocycles. The summed E-state index contributed by atoms with van der Waals surface area (Å²) < 4.78 is 1.83. The van der Waals surface area contributed by atoms with Crippen molar-refractivity contribution in [2.24, 2.45) is 7.05 Å². The number of amides is 1. The van der Waals surface area contributed by atoms with Crippen LogP contribution in [-0.4, -0.2) is 15.7 Å². The normalized spacial score (nSPS) is 12.4. The van der Waals surface area contributed by atoms with E-state index in [1.807, 2.05) is 42.9 Å². The van der Waals surface area contributed by atoms with Gasteiger partial charge in [0.15, 0.2) is 5.69 Å². The molecule has 0 atom stereocenters. The highest BCUT2D eigenvalue weighted by molar-refractivity contribution is 7.98. The van der Waals surface area contributed by atoms with Crippen molar-refractivity contribution >= 4 is 23.4 Å². The second-order valence-electron chi connectivity index (χ2n) is 6.36. The zero-order valence-corrected chi connectivity index (χ0v) is 15.3. The zero-order valence-electron chi connectivity index (χ0n) is 14.5. The van der Waals surface area contributed by atoms with Gasteiger partial charge in [-0.15, -0.1) is 11.8 Å². The van der Waals surface area contributed by atoms with Gasteiger partial charge in [0.25, 0.3) is 5.91 Å². The Hall–Kier alpha value is -2.53. The molecule has 1 aliphatic rings. The molecule has 0 aliphatic carbocycles. The molecule has 0 spiro atoms. The highest BCUT2D eigenvalue weighted by Crippen LogP contribution is 2.43. The minimum atomic E-state index is -0.150. The number of hydrogen-bond donors (Lipinski definition) is 1. The third-order valence-electron chi connectivity index (χ3n) is 4.52. The lowest BCUT2D eigenvalue weighted by Crippen LogP contribution is -2.15. The number of nitrogens with one attached hydrogen (secondary N) is 1. The van der Waals surface area contributed by atoms with E-state index in [-0.39, 0.29) is 5.91 Å². The summed E-state index contributed by atoms with van der Waals surface area (Å²) in [6.07, 6.45) is 0.